The second kappa shape index (κ2) is 6.24. The fourth-order valence-electron chi connectivity index (χ4n) is 2.39. The van der Waals surface area contributed by atoms with Gasteiger partial charge in [0, 0.05) is 6.54 Å². The lowest BCUT2D eigenvalue weighted by atomic mass is 9.92. The number of benzene rings is 1. The smallest absolute Gasteiger partial charge is 0.240 e. The Morgan fingerprint density at radius 3 is 2.50 bits per heavy atom. The fourth-order valence-corrected chi connectivity index (χ4v) is 3.49. The predicted octanol–water partition coefficient (Wildman–Crippen LogP) is 1.86. The monoisotopic (exact) mass is 297 g/mol. The molecular weight excluding hydrogens is 274 g/mol. The van der Waals surface area contributed by atoms with Gasteiger partial charge in [0.2, 0.25) is 10.0 Å². The molecule has 1 unspecified atom stereocenters. The van der Waals surface area contributed by atoms with E-state index < -0.39 is 16.1 Å². The number of nitrogens with one attached hydrogen (secondary N) is 1. The van der Waals surface area contributed by atoms with E-state index in [1.54, 1.807) is 12.1 Å². The maximum atomic E-state index is 12.2. The zero-order chi connectivity index (χ0) is 14.8. The largest absolute Gasteiger partial charge is 0.391 e. The first-order valence-corrected chi connectivity index (χ1v) is 8.68. The van der Waals surface area contributed by atoms with Gasteiger partial charge in [0.15, 0.2) is 0 Å². The van der Waals surface area contributed by atoms with Crippen molar-refractivity contribution in [3.8, 4) is 0 Å². The molecule has 0 heterocycles. The average molecular weight is 297 g/mol. The van der Waals surface area contributed by atoms with E-state index in [1.807, 2.05) is 19.9 Å². The quantitative estimate of drug-likeness (QED) is 0.872. The molecule has 2 N–H and O–H groups in total. The van der Waals surface area contributed by atoms with Crippen molar-refractivity contribution in [3.05, 3.63) is 29.3 Å². The third-order valence-electron chi connectivity index (χ3n) is 3.88. The van der Waals surface area contributed by atoms with E-state index in [0.29, 0.717) is 4.90 Å². The van der Waals surface area contributed by atoms with Crippen LogP contribution in [0.25, 0.3) is 0 Å². The van der Waals surface area contributed by atoms with Crippen molar-refractivity contribution in [2.45, 2.75) is 50.5 Å². The number of hydrogen-bond acceptors (Lipinski definition) is 3. The zero-order valence-electron chi connectivity index (χ0n) is 12.1. The van der Waals surface area contributed by atoms with E-state index in [1.165, 1.54) is 12.0 Å². The highest BCUT2D eigenvalue weighted by Gasteiger charge is 2.19. The van der Waals surface area contributed by atoms with Gasteiger partial charge in [0.05, 0.1) is 11.0 Å². The minimum atomic E-state index is -3.53. The van der Waals surface area contributed by atoms with Gasteiger partial charge in [-0.05, 0) is 54.9 Å². The van der Waals surface area contributed by atoms with Crippen molar-refractivity contribution in [1.82, 2.24) is 4.72 Å². The van der Waals surface area contributed by atoms with Crippen LogP contribution in [0.3, 0.4) is 0 Å². The third-order valence-corrected chi connectivity index (χ3v) is 5.30. The fraction of sp³-hybridized carbons (Fsp3) is 0.600. The van der Waals surface area contributed by atoms with Crippen molar-refractivity contribution < 1.29 is 13.5 Å². The summed E-state index contributed by atoms with van der Waals surface area (Å²) < 4.78 is 26.9. The zero-order valence-corrected chi connectivity index (χ0v) is 12.9. The van der Waals surface area contributed by atoms with E-state index >= 15 is 0 Å². The van der Waals surface area contributed by atoms with Crippen molar-refractivity contribution in [2.75, 3.05) is 6.54 Å². The first-order valence-electron chi connectivity index (χ1n) is 7.19. The molecule has 0 fully saturated rings. The molecule has 0 aliphatic heterocycles. The lowest BCUT2D eigenvalue weighted by Gasteiger charge is -2.18. The van der Waals surface area contributed by atoms with Crippen molar-refractivity contribution in [1.29, 1.82) is 0 Å². The van der Waals surface area contributed by atoms with Gasteiger partial charge in [-0.3, -0.25) is 0 Å². The summed E-state index contributed by atoms with van der Waals surface area (Å²) in [6.07, 6.45) is 3.62. The van der Waals surface area contributed by atoms with Crippen LogP contribution < -0.4 is 4.72 Å². The highest BCUT2D eigenvalue weighted by Crippen LogP contribution is 2.24. The van der Waals surface area contributed by atoms with Gasteiger partial charge in [-0.1, -0.05) is 19.9 Å². The van der Waals surface area contributed by atoms with Crippen molar-refractivity contribution in [3.63, 3.8) is 0 Å². The molecule has 1 atom stereocenters. The van der Waals surface area contributed by atoms with Gasteiger partial charge >= 0.3 is 0 Å². The average Bonchev–Trinajstić information content (AvgIpc) is 2.44. The van der Waals surface area contributed by atoms with Crippen LogP contribution in [0.15, 0.2) is 23.1 Å². The van der Waals surface area contributed by atoms with Crippen LogP contribution in [-0.4, -0.2) is 26.2 Å². The molecule has 4 nitrogen and oxygen atoms in total. The van der Waals surface area contributed by atoms with Crippen LogP contribution in [0.4, 0.5) is 0 Å². The molecule has 112 valence electrons. The highest BCUT2D eigenvalue weighted by atomic mass is 32.2. The first-order chi connectivity index (χ1) is 9.40. The summed E-state index contributed by atoms with van der Waals surface area (Å²) in [4.78, 5) is 0.300. The molecule has 5 heteroatoms. The first kappa shape index (κ1) is 15.5. The number of hydrogen-bond donors (Lipinski definition) is 2. The number of aliphatic hydroxyl groups is 1. The Morgan fingerprint density at radius 1 is 1.20 bits per heavy atom. The molecule has 20 heavy (non-hydrogen) atoms. The summed E-state index contributed by atoms with van der Waals surface area (Å²) in [5.41, 5.74) is 2.40. The number of fused-ring (bicyclic) bond motifs is 1. The van der Waals surface area contributed by atoms with Crippen LogP contribution in [0.1, 0.15) is 37.8 Å². The summed E-state index contributed by atoms with van der Waals surface area (Å²) in [6, 6.07) is 5.36. The molecule has 0 bridgehead atoms. The molecule has 0 aromatic heterocycles. The molecule has 0 spiro atoms. The lowest BCUT2D eigenvalue weighted by molar-refractivity contribution is 0.129. The predicted molar refractivity (Wildman–Crippen MR) is 79.1 cm³/mol. The van der Waals surface area contributed by atoms with Crippen molar-refractivity contribution in [2.24, 2.45) is 5.92 Å². The SMILES string of the molecule is CC(C)C(O)CNS(=O)(=O)c1ccc2c(c1)CCCC2. The summed E-state index contributed by atoms with van der Waals surface area (Å²) in [7, 11) is -3.53. The van der Waals surface area contributed by atoms with Crippen LogP contribution in [0.2, 0.25) is 0 Å². The molecule has 0 radical (unpaired) electrons. The summed E-state index contributed by atoms with van der Waals surface area (Å²) >= 11 is 0. The minimum Gasteiger partial charge on any atom is -0.391 e. The molecule has 2 rings (SSSR count). The normalized spacial score (nSPS) is 17.0. The lowest BCUT2D eigenvalue weighted by Crippen LogP contribution is -2.34. The van der Waals surface area contributed by atoms with Gasteiger partial charge < -0.3 is 5.11 Å². The Morgan fingerprint density at radius 2 is 1.85 bits per heavy atom. The van der Waals surface area contributed by atoms with E-state index in [-0.39, 0.29) is 12.5 Å². The molecule has 0 amide bonds. The second-order valence-corrected chi connectivity index (χ2v) is 7.57. The van der Waals surface area contributed by atoms with E-state index in [9.17, 15) is 13.5 Å². The van der Waals surface area contributed by atoms with E-state index in [4.69, 9.17) is 0 Å². The summed E-state index contributed by atoms with van der Waals surface area (Å²) in [5.74, 6) is 0.0289. The second-order valence-electron chi connectivity index (χ2n) is 5.80. The molecule has 1 aliphatic carbocycles. The maximum Gasteiger partial charge on any atom is 0.240 e. The van der Waals surface area contributed by atoms with E-state index in [2.05, 4.69) is 4.72 Å². The van der Waals surface area contributed by atoms with Crippen LogP contribution >= 0.6 is 0 Å². The molecular formula is C15H23NO3S. The number of aliphatic hydroxyl groups excluding tert-OH is 1. The standard InChI is InChI=1S/C15H23NO3S/c1-11(2)15(17)10-16-20(18,19)14-8-7-12-5-3-4-6-13(12)9-14/h7-9,11,15-17H,3-6,10H2,1-2H3. The Balaban J connectivity index is 2.13. The van der Waals surface area contributed by atoms with Gasteiger partial charge in [-0.25, -0.2) is 13.1 Å². The number of aryl methyl sites for hydroxylation is 2. The van der Waals surface area contributed by atoms with Crippen LogP contribution in [-0.2, 0) is 22.9 Å². The molecule has 1 aromatic carbocycles. The van der Waals surface area contributed by atoms with Gasteiger partial charge in [-0.15, -0.1) is 0 Å². The maximum absolute atomic E-state index is 12.2. The summed E-state index contributed by atoms with van der Waals surface area (Å²) in [6.45, 7) is 3.77. The van der Waals surface area contributed by atoms with Crippen LogP contribution in [0.5, 0.6) is 0 Å². The number of sulfonamides is 1. The van der Waals surface area contributed by atoms with Gasteiger partial charge in [0.1, 0.15) is 0 Å². The third kappa shape index (κ3) is 3.59. The molecule has 0 saturated carbocycles. The van der Waals surface area contributed by atoms with Gasteiger partial charge in [-0.2, -0.15) is 0 Å². The minimum absolute atomic E-state index is 0.0289. The number of rotatable bonds is 5. The Hall–Kier alpha value is -0.910. The Kier molecular flexibility index (Phi) is 4.83. The Labute approximate surface area is 121 Å². The van der Waals surface area contributed by atoms with Crippen LogP contribution in [0, 0.1) is 5.92 Å². The topological polar surface area (TPSA) is 66.4 Å². The molecule has 0 saturated heterocycles. The Bertz CT molecular complexity index is 566. The van der Waals surface area contributed by atoms with Gasteiger partial charge in [0.25, 0.3) is 0 Å². The molecule has 1 aliphatic rings. The van der Waals surface area contributed by atoms with Crippen molar-refractivity contribution >= 4 is 10.0 Å². The molecule has 1 aromatic rings. The highest BCUT2D eigenvalue weighted by molar-refractivity contribution is 7.89. The summed E-state index contributed by atoms with van der Waals surface area (Å²) in [5, 5.41) is 9.70. The van der Waals surface area contributed by atoms with E-state index in [0.717, 1.165) is 24.8 Å².